The summed E-state index contributed by atoms with van der Waals surface area (Å²) in [6.07, 6.45) is 4.79. The smallest absolute Gasteiger partial charge is 0.410 e. The lowest BCUT2D eigenvalue weighted by Crippen LogP contribution is -2.37. The monoisotopic (exact) mass is 532 g/mol. The number of hydrogen-bond acceptors (Lipinski definition) is 6. The Hall–Kier alpha value is -3.68. The SMILES string of the molecule is CC(C)c1ccccc1-c1cc(F)ccc1Oc1cncnc1N1CC[C@@]2(CCN(C(=O)OC(C)(C)C)C2)C1. The summed E-state index contributed by atoms with van der Waals surface area (Å²) in [4.78, 5) is 25.5. The van der Waals surface area contributed by atoms with Crippen LogP contribution in [0.2, 0.25) is 0 Å². The first kappa shape index (κ1) is 26.9. The molecular formula is C31H37FN4O3. The highest BCUT2D eigenvalue weighted by Crippen LogP contribution is 2.44. The van der Waals surface area contributed by atoms with E-state index in [1.807, 2.05) is 43.9 Å². The Morgan fingerprint density at radius 2 is 1.79 bits per heavy atom. The highest BCUT2D eigenvalue weighted by Gasteiger charge is 2.46. The van der Waals surface area contributed by atoms with Crippen LogP contribution in [0.4, 0.5) is 15.0 Å². The fourth-order valence-corrected chi connectivity index (χ4v) is 5.65. The topological polar surface area (TPSA) is 67.8 Å². The second kappa shape index (κ2) is 10.5. The molecule has 8 heteroatoms. The normalized spacial score (nSPS) is 19.3. The molecule has 0 unspecified atom stereocenters. The van der Waals surface area contributed by atoms with Gasteiger partial charge in [-0.15, -0.1) is 0 Å². The molecule has 1 spiro atoms. The second-order valence-corrected chi connectivity index (χ2v) is 12.0. The van der Waals surface area contributed by atoms with E-state index in [0.717, 1.165) is 37.1 Å². The number of benzene rings is 2. The summed E-state index contributed by atoms with van der Waals surface area (Å²) in [6, 6.07) is 12.6. The minimum absolute atomic E-state index is 0.0175. The minimum atomic E-state index is -0.517. The molecule has 3 aromatic rings. The van der Waals surface area contributed by atoms with Crippen molar-refractivity contribution < 1.29 is 18.7 Å². The van der Waals surface area contributed by atoms with Crippen LogP contribution in [0, 0.1) is 11.2 Å². The third-order valence-corrected chi connectivity index (χ3v) is 7.52. The molecule has 0 N–H and O–H groups in total. The molecule has 5 rings (SSSR count). The van der Waals surface area contributed by atoms with E-state index in [1.165, 1.54) is 18.5 Å². The van der Waals surface area contributed by atoms with Gasteiger partial charge in [-0.1, -0.05) is 38.1 Å². The highest BCUT2D eigenvalue weighted by molar-refractivity contribution is 5.75. The molecule has 2 saturated heterocycles. The summed E-state index contributed by atoms with van der Waals surface area (Å²) in [6.45, 7) is 12.8. The molecule has 0 aliphatic carbocycles. The highest BCUT2D eigenvalue weighted by atomic mass is 19.1. The molecule has 3 heterocycles. The second-order valence-electron chi connectivity index (χ2n) is 12.0. The van der Waals surface area contributed by atoms with Gasteiger partial charge in [0.1, 0.15) is 23.5 Å². The zero-order valence-electron chi connectivity index (χ0n) is 23.4. The molecule has 1 amide bonds. The summed E-state index contributed by atoms with van der Waals surface area (Å²) < 4.78 is 26.5. The van der Waals surface area contributed by atoms with Crippen LogP contribution >= 0.6 is 0 Å². The number of carbonyl (C=O) groups is 1. The van der Waals surface area contributed by atoms with Gasteiger partial charge < -0.3 is 19.3 Å². The average molecular weight is 533 g/mol. The fourth-order valence-electron chi connectivity index (χ4n) is 5.65. The number of anilines is 1. The van der Waals surface area contributed by atoms with E-state index in [2.05, 4.69) is 34.8 Å². The van der Waals surface area contributed by atoms with Crippen molar-refractivity contribution in [3.63, 3.8) is 0 Å². The van der Waals surface area contributed by atoms with Crippen LogP contribution in [-0.2, 0) is 4.74 Å². The molecule has 0 saturated carbocycles. The van der Waals surface area contributed by atoms with E-state index in [1.54, 1.807) is 12.3 Å². The molecule has 2 aliphatic rings. The zero-order valence-corrected chi connectivity index (χ0v) is 23.4. The van der Waals surface area contributed by atoms with Crippen LogP contribution < -0.4 is 9.64 Å². The molecule has 1 atom stereocenters. The first-order chi connectivity index (χ1) is 18.5. The van der Waals surface area contributed by atoms with Gasteiger partial charge in [0, 0.05) is 37.2 Å². The predicted octanol–water partition coefficient (Wildman–Crippen LogP) is 7.04. The third-order valence-electron chi connectivity index (χ3n) is 7.52. The summed E-state index contributed by atoms with van der Waals surface area (Å²) in [5, 5.41) is 0. The number of aromatic nitrogens is 2. The van der Waals surface area contributed by atoms with Gasteiger partial charge in [0.2, 0.25) is 0 Å². The number of carbonyl (C=O) groups excluding carboxylic acids is 1. The lowest BCUT2D eigenvalue weighted by molar-refractivity contribution is 0.0276. The van der Waals surface area contributed by atoms with Crippen molar-refractivity contribution in [3.8, 4) is 22.6 Å². The van der Waals surface area contributed by atoms with Gasteiger partial charge in [-0.2, -0.15) is 0 Å². The Labute approximate surface area is 230 Å². The van der Waals surface area contributed by atoms with Gasteiger partial charge >= 0.3 is 6.09 Å². The van der Waals surface area contributed by atoms with E-state index in [4.69, 9.17) is 9.47 Å². The van der Waals surface area contributed by atoms with Crippen molar-refractivity contribution in [2.75, 3.05) is 31.1 Å². The van der Waals surface area contributed by atoms with Gasteiger partial charge in [-0.25, -0.2) is 19.2 Å². The minimum Gasteiger partial charge on any atom is -0.451 e. The number of hydrogen-bond donors (Lipinski definition) is 0. The van der Waals surface area contributed by atoms with Crippen LogP contribution in [0.25, 0.3) is 11.1 Å². The molecule has 206 valence electrons. The number of amides is 1. The molecule has 7 nitrogen and oxygen atoms in total. The van der Waals surface area contributed by atoms with Crippen molar-refractivity contribution in [1.29, 1.82) is 0 Å². The standard InChI is InChI=1S/C31H37FN4O3/c1-21(2)23-8-6-7-9-24(23)25-16-22(32)10-11-26(25)38-27-17-33-20-34-28(27)35-14-12-31(18-35)13-15-36(19-31)29(37)39-30(3,4)5/h6-11,16-17,20-21H,12-15,18-19H2,1-5H3/t31-/m1/s1. The Bertz CT molecular complexity index is 1360. The Morgan fingerprint density at radius 1 is 1.03 bits per heavy atom. The summed E-state index contributed by atoms with van der Waals surface area (Å²) in [5.74, 6) is 1.71. The molecule has 2 fully saturated rings. The van der Waals surface area contributed by atoms with Crippen molar-refractivity contribution in [1.82, 2.24) is 14.9 Å². The first-order valence-electron chi connectivity index (χ1n) is 13.6. The lowest BCUT2D eigenvalue weighted by Gasteiger charge is -2.27. The van der Waals surface area contributed by atoms with Crippen molar-refractivity contribution in [2.24, 2.45) is 5.41 Å². The number of ether oxygens (including phenoxy) is 2. The van der Waals surface area contributed by atoms with Gasteiger partial charge in [0.15, 0.2) is 11.6 Å². The Kier molecular flexibility index (Phi) is 7.23. The van der Waals surface area contributed by atoms with E-state index in [0.29, 0.717) is 36.0 Å². The van der Waals surface area contributed by atoms with Gasteiger partial charge in [0.05, 0.1) is 6.20 Å². The zero-order chi connectivity index (χ0) is 27.8. The van der Waals surface area contributed by atoms with Gasteiger partial charge in [0.25, 0.3) is 0 Å². The Morgan fingerprint density at radius 3 is 2.56 bits per heavy atom. The largest absolute Gasteiger partial charge is 0.451 e. The van der Waals surface area contributed by atoms with E-state index < -0.39 is 5.60 Å². The quantitative estimate of drug-likeness (QED) is 0.351. The summed E-state index contributed by atoms with van der Waals surface area (Å²) in [5.41, 5.74) is 2.21. The maximum atomic E-state index is 14.5. The molecule has 0 radical (unpaired) electrons. The lowest BCUT2D eigenvalue weighted by atomic mass is 9.86. The van der Waals surface area contributed by atoms with Gasteiger partial charge in [-0.05, 0) is 68.9 Å². The molecule has 2 aliphatic heterocycles. The van der Waals surface area contributed by atoms with Crippen LogP contribution in [-0.4, -0.2) is 52.7 Å². The van der Waals surface area contributed by atoms with Gasteiger partial charge in [-0.3, -0.25) is 0 Å². The predicted molar refractivity (Wildman–Crippen MR) is 150 cm³/mol. The summed E-state index contributed by atoms with van der Waals surface area (Å²) in [7, 11) is 0. The fraction of sp³-hybridized carbons (Fsp3) is 0.452. The number of nitrogens with zero attached hydrogens (tertiary/aromatic N) is 4. The molecule has 1 aromatic heterocycles. The third kappa shape index (κ3) is 5.84. The number of rotatable bonds is 5. The Balaban J connectivity index is 1.38. The maximum absolute atomic E-state index is 14.5. The average Bonchev–Trinajstić information content (AvgIpc) is 3.51. The van der Waals surface area contributed by atoms with Crippen LogP contribution in [0.15, 0.2) is 55.0 Å². The van der Waals surface area contributed by atoms with Crippen molar-refractivity contribution in [3.05, 3.63) is 66.4 Å². The molecule has 0 bridgehead atoms. The first-order valence-corrected chi connectivity index (χ1v) is 13.6. The number of halogens is 1. The molecule has 2 aromatic carbocycles. The van der Waals surface area contributed by atoms with E-state index in [9.17, 15) is 9.18 Å². The summed E-state index contributed by atoms with van der Waals surface area (Å²) >= 11 is 0. The maximum Gasteiger partial charge on any atom is 0.410 e. The molecular weight excluding hydrogens is 495 g/mol. The van der Waals surface area contributed by atoms with E-state index in [-0.39, 0.29) is 23.2 Å². The van der Waals surface area contributed by atoms with Crippen LogP contribution in [0.1, 0.15) is 58.9 Å². The van der Waals surface area contributed by atoms with Crippen molar-refractivity contribution >= 4 is 11.9 Å². The molecule has 39 heavy (non-hydrogen) atoms. The van der Waals surface area contributed by atoms with E-state index >= 15 is 0 Å². The van der Waals surface area contributed by atoms with Crippen LogP contribution in [0.3, 0.4) is 0 Å². The van der Waals surface area contributed by atoms with Crippen molar-refractivity contribution in [2.45, 2.75) is 59.0 Å². The van der Waals surface area contributed by atoms with Crippen LogP contribution in [0.5, 0.6) is 11.5 Å². The number of likely N-dealkylation sites (tertiary alicyclic amines) is 1.